The normalized spacial score (nSPS) is 58.8. The van der Waals surface area contributed by atoms with E-state index in [1.165, 1.54) is 32.1 Å². The molecule has 3 atom stereocenters. The van der Waals surface area contributed by atoms with Gasteiger partial charge >= 0.3 is 0 Å². The van der Waals surface area contributed by atoms with E-state index in [4.69, 9.17) is 4.84 Å². The molecule has 1 unspecified atom stereocenters. The predicted octanol–water partition coefficient (Wildman–Crippen LogP) is 1.56. The molecule has 0 radical (unpaired) electrons. The first-order chi connectivity index (χ1) is 5.79. The van der Waals surface area contributed by atoms with Crippen molar-refractivity contribution in [3.63, 3.8) is 0 Å². The Balaban J connectivity index is 1.85. The summed E-state index contributed by atoms with van der Waals surface area (Å²) in [4.78, 5) is 6.00. The second-order valence-electron chi connectivity index (χ2n) is 5.17. The van der Waals surface area contributed by atoms with Gasteiger partial charge in [-0.25, -0.2) is 0 Å². The maximum Gasteiger partial charge on any atom is 0.0976 e. The standard InChI is InChI=1S/C10H15NO/c1-11-8-3-2-7-6-10(7,8)9(12-11)4-5-9/h7-8H,2-6H2,1H3/t7?,8-,10+/m0/s1. The molecule has 0 aromatic heterocycles. The molecular formula is C10H15NO. The lowest BCUT2D eigenvalue weighted by Crippen LogP contribution is -2.28. The van der Waals surface area contributed by atoms with Gasteiger partial charge in [-0.1, -0.05) is 0 Å². The van der Waals surface area contributed by atoms with Gasteiger partial charge in [-0.05, 0) is 38.0 Å². The van der Waals surface area contributed by atoms with E-state index in [0.717, 1.165) is 12.0 Å². The second kappa shape index (κ2) is 1.48. The summed E-state index contributed by atoms with van der Waals surface area (Å²) < 4.78 is 0. The van der Waals surface area contributed by atoms with E-state index in [0.29, 0.717) is 11.0 Å². The first-order valence-corrected chi connectivity index (χ1v) is 5.20. The van der Waals surface area contributed by atoms with Crippen molar-refractivity contribution in [1.29, 1.82) is 0 Å². The van der Waals surface area contributed by atoms with Gasteiger partial charge in [0.1, 0.15) is 0 Å². The minimum Gasteiger partial charge on any atom is -0.292 e. The number of hydrogen-bond acceptors (Lipinski definition) is 2. The number of rotatable bonds is 0. The summed E-state index contributed by atoms with van der Waals surface area (Å²) in [6, 6.07) is 0.782. The summed E-state index contributed by atoms with van der Waals surface area (Å²) in [6.45, 7) is 0. The molecule has 2 heteroatoms. The van der Waals surface area contributed by atoms with Crippen LogP contribution in [0, 0.1) is 11.3 Å². The van der Waals surface area contributed by atoms with Crippen molar-refractivity contribution in [3.05, 3.63) is 0 Å². The van der Waals surface area contributed by atoms with Gasteiger partial charge in [0, 0.05) is 18.5 Å². The van der Waals surface area contributed by atoms with Crippen LogP contribution < -0.4 is 0 Å². The highest BCUT2D eigenvalue weighted by Crippen LogP contribution is 2.79. The highest BCUT2D eigenvalue weighted by Gasteiger charge is 2.81. The van der Waals surface area contributed by atoms with Crippen molar-refractivity contribution in [2.75, 3.05) is 7.05 Å². The zero-order chi connectivity index (χ0) is 7.97. The number of nitrogens with zero attached hydrogens (tertiary/aromatic N) is 1. The van der Waals surface area contributed by atoms with Crippen molar-refractivity contribution in [2.24, 2.45) is 11.3 Å². The summed E-state index contributed by atoms with van der Waals surface area (Å²) in [5, 5.41) is 2.18. The average molecular weight is 165 g/mol. The molecule has 66 valence electrons. The fraction of sp³-hybridized carbons (Fsp3) is 1.00. The van der Waals surface area contributed by atoms with E-state index in [-0.39, 0.29) is 0 Å². The molecule has 3 aliphatic carbocycles. The van der Waals surface area contributed by atoms with Gasteiger partial charge in [0.25, 0.3) is 0 Å². The minimum atomic E-state index is 0.355. The van der Waals surface area contributed by atoms with Crippen molar-refractivity contribution in [3.8, 4) is 0 Å². The van der Waals surface area contributed by atoms with Gasteiger partial charge in [-0.2, -0.15) is 5.06 Å². The zero-order valence-electron chi connectivity index (χ0n) is 7.55. The average Bonchev–Trinajstić information content (AvgIpc) is 2.90. The fourth-order valence-electron chi connectivity index (χ4n) is 4.20. The topological polar surface area (TPSA) is 12.5 Å². The first-order valence-electron chi connectivity index (χ1n) is 5.20. The highest BCUT2D eigenvalue weighted by molar-refractivity contribution is 5.30. The Morgan fingerprint density at radius 1 is 1.33 bits per heavy atom. The third-order valence-corrected chi connectivity index (χ3v) is 4.85. The fourth-order valence-corrected chi connectivity index (χ4v) is 4.20. The van der Waals surface area contributed by atoms with E-state index in [1.54, 1.807) is 0 Å². The maximum absolute atomic E-state index is 6.00. The van der Waals surface area contributed by atoms with Crippen LogP contribution in [0.15, 0.2) is 0 Å². The summed E-state index contributed by atoms with van der Waals surface area (Å²) in [5.41, 5.74) is 1.01. The summed E-state index contributed by atoms with van der Waals surface area (Å²) >= 11 is 0. The molecule has 0 amide bonds. The van der Waals surface area contributed by atoms with Crippen LogP contribution in [0.3, 0.4) is 0 Å². The molecule has 0 aromatic rings. The van der Waals surface area contributed by atoms with Gasteiger partial charge in [-0.15, -0.1) is 0 Å². The monoisotopic (exact) mass is 165 g/mol. The van der Waals surface area contributed by atoms with Crippen LogP contribution in [0.1, 0.15) is 32.1 Å². The van der Waals surface area contributed by atoms with Crippen molar-refractivity contribution >= 4 is 0 Å². The summed E-state index contributed by atoms with van der Waals surface area (Å²) in [7, 11) is 2.14. The lowest BCUT2D eigenvalue weighted by Gasteiger charge is -2.17. The quantitative estimate of drug-likeness (QED) is 0.540. The third-order valence-electron chi connectivity index (χ3n) is 4.85. The molecule has 0 N–H and O–H groups in total. The molecule has 0 bridgehead atoms. The largest absolute Gasteiger partial charge is 0.292 e. The van der Waals surface area contributed by atoms with Crippen molar-refractivity contribution in [1.82, 2.24) is 5.06 Å². The molecule has 4 fully saturated rings. The molecule has 2 nitrogen and oxygen atoms in total. The van der Waals surface area contributed by atoms with Crippen LogP contribution >= 0.6 is 0 Å². The van der Waals surface area contributed by atoms with Crippen LogP contribution in [0.4, 0.5) is 0 Å². The van der Waals surface area contributed by atoms with Crippen LogP contribution in [-0.4, -0.2) is 23.8 Å². The SMILES string of the molecule is CN1OC2(CC2)[C@]23CC2CC[C@H]13. The Bertz CT molecular complexity index is 261. The smallest absolute Gasteiger partial charge is 0.0976 e. The minimum absolute atomic E-state index is 0.355. The molecule has 2 spiro atoms. The number of hydroxylamine groups is 2. The van der Waals surface area contributed by atoms with Crippen molar-refractivity contribution in [2.45, 2.75) is 43.7 Å². The third kappa shape index (κ3) is 0.428. The Labute approximate surface area is 72.8 Å². The van der Waals surface area contributed by atoms with E-state index in [1.807, 2.05) is 0 Å². The van der Waals surface area contributed by atoms with E-state index in [2.05, 4.69) is 12.1 Å². The lowest BCUT2D eigenvalue weighted by atomic mass is 9.90. The van der Waals surface area contributed by atoms with Gasteiger partial charge in [0.15, 0.2) is 0 Å². The molecule has 4 rings (SSSR count). The highest BCUT2D eigenvalue weighted by atomic mass is 16.7. The molecule has 1 heterocycles. The van der Waals surface area contributed by atoms with Crippen LogP contribution in [0.25, 0.3) is 0 Å². The molecule has 4 aliphatic rings. The second-order valence-corrected chi connectivity index (χ2v) is 5.17. The maximum atomic E-state index is 6.00. The van der Waals surface area contributed by atoms with E-state index >= 15 is 0 Å². The lowest BCUT2D eigenvalue weighted by molar-refractivity contribution is -0.157. The first kappa shape index (κ1) is 6.39. The predicted molar refractivity (Wildman–Crippen MR) is 44.4 cm³/mol. The zero-order valence-corrected chi connectivity index (χ0v) is 7.55. The van der Waals surface area contributed by atoms with Crippen LogP contribution in [0.5, 0.6) is 0 Å². The molecule has 0 aromatic carbocycles. The summed E-state index contributed by atoms with van der Waals surface area (Å²) in [5.74, 6) is 1.04. The Morgan fingerprint density at radius 2 is 2.17 bits per heavy atom. The Morgan fingerprint density at radius 3 is 2.83 bits per heavy atom. The van der Waals surface area contributed by atoms with Gasteiger partial charge in [-0.3, -0.25) is 4.84 Å². The Hall–Kier alpha value is -0.0800. The molecule has 12 heavy (non-hydrogen) atoms. The van der Waals surface area contributed by atoms with E-state index in [9.17, 15) is 0 Å². The molecule has 1 aliphatic heterocycles. The van der Waals surface area contributed by atoms with Crippen molar-refractivity contribution < 1.29 is 4.84 Å². The van der Waals surface area contributed by atoms with Gasteiger partial charge in [0.2, 0.25) is 0 Å². The molecule has 1 saturated heterocycles. The number of hydrogen-bond donors (Lipinski definition) is 0. The van der Waals surface area contributed by atoms with Gasteiger partial charge < -0.3 is 0 Å². The van der Waals surface area contributed by atoms with Crippen LogP contribution in [-0.2, 0) is 4.84 Å². The molecule has 3 saturated carbocycles. The van der Waals surface area contributed by atoms with Gasteiger partial charge in [0.05, 0.1) is 5.60 Å². The van der Waals surface area contributed by atoms with E-state index < -0.39 is 0 Å². The Kier molecular flexibility index (Phi) is 0.789. The molecular weight excluding hydrogens is 150 g/mol. The summed E-state index contributed by atoms with van der Waals surface area (Å²) in [6.07, 6.45) is 7.01. The van der Waals surface area contributed by atoms with Crippen LogP contribution in [0.2, 0.25) is 0 Å².